The highest BCUT2D eigenvalue weighted by Gasteiger charge is 2.57. The zero-order chi connectivity index (χ0) is 56.5. The van der Waals surface area contributed by atoms with Crippen LogP contribution in [0.1, 0.15) is 116 Å². The molecule has 0 saturated carbocycles. The summed E-state index contributed by atoms with van der Waals surface area (Å²) in [7, 11) is -12.5. The van der Waals surface area contributed by atoms with Crippen molar-refractivity contribution in [3.8, 4) is 0 Å². The largest absolute Gasteiger partial charge is 0.476 e. The van der Waals surface area contributed by atoms with Crippen LogP contribution in [0.2, 0.25) is 18.1 Å². The van der Waals surface area contributed by atoms with Crippen molar-refractivity contribution in [2.24, 2.45) is 0 Å². The van der Waals surface area contributed by atoms with Crippen molar-refractivity contribution < 1.29 is 54.9 Å². The first-order valence-electron chi connectivity index (χ1n) is 24.8. The van der Waals surface area contributed by atoms with Crippen molar-refractivity contribution in [1.82, 2.24) is 28.7 Å². The molecule has 26 nitrogen and oxygen atoms in total. The Bertz CT molecular complexity index is 3160. The van der Waals surface area contributed by atoms with Crippen molar-refractivity contribution in [1.29, 1.82) is 0 Å². The molecule has 3 saturated heterocycles. The standard InChI is InChI=1S/C47H70N8O18P2Si/c1-16-30-31(21-34(66-30)53-24-27(2)39(56)50-42(53)59)69-74(62,64-19-17-48-12)72-46(8,9)37-32(22-35(67-37)54-25-28(3)40(57)51-43(54)60)70-75(63,65-20-18-49-13)73-47(10,11)38-33(71-76(14,15)45(5,6)7)23-36(68-38)55-26-29(4)41(58)52-44(55)61/h24-26,30-38H,16-23H2,1-11,14-15H3,(H,50,56,59)(H,51,57,60)(H,52,58,61)/t30-,31-,32-,33-,34-,35-,36-,37+,38+,74?,75?/m1/s1. The lowest BCUT2D eigenvalue weighted by molar-refractivity contribution is -0.136. The van der Waals surface area contributed by atoms with Crippen LogP contribution in [0.5, 0.6) is 0 Å². The molecular formula is C47H70N8O18P2Si. The van der Waals surface area contributed by atoms with Crippen LogP contribution >= 0.6 is 15.6 Å². The predicted molar refractivity (Wildman–Crippen MR) is 276 cm³/mol. The number of hydrogen-bond donors (Lipinski definition) is 3. The number of ether oxygens (including phenoxy) is 3. The van der Waals surface area contributed by atoms with E-state index >= 15 is 9.13 Å². The molecule has 0 aliphatic carbocycles. The molecule has 0 radical (unpaired) electrons. The van der Waals surface area contributed by atoms with Crippen LogP contribution in [0.3, 0.4) is 0 Å². The first-order chi connectivity index (χ1) is 35.3. The molecule has 76 heavy (non-hydrogen) atoms. The third-order valence-corrected chi connectivity index (χ3v) is 21.8. The van der Waals surface area contributed by atoms with E-state index in [9.17, 15) is 28.8 Å². The van der Waals surface area contributed by atoms with Crippen molar-refractivity contribution >= 4 is 24.0 Å². The molecular weight excluding hydrogens is 1050 g/mol. The number of aromatic amines is 3. The number of aryl methyl sites for hydroxylation is 3. The summed E-state index contributed by atoms with van der Waals surface area (Å²) in [5.74, 6) is 0. The topological polar surface area (TPSA) is 300 Å². The third kappa shape index (κ3) is 13.8. The molecule has 3 aromatic heterocycles. The molecule has 3 fully saturated rings. The Hall–Kier alpha value is -4.70. The molecule has 6 heterocycles. The Morgan fingerprint density at radius 3 is 1.36 bits per heavy atom. The predicted octanol–water partition coefficient (Wildman–Crippen LogP) is 5.67. The van der Waals surface area contributed by atoms with Crippen molar-refractivity contribution in [3.05, 3.63) is 121 Å². The van der Waals surface area contributed by atoms with E-state index in [1.807, 2.05) is 33.9 Å². The van der Waals surface area contributed by atoms with Gasteiger partial charge in [0.2, 0.25) is 13.1 Å². The lowest BCUT2D eigenvalue weighted by Crippen LogP contribution is -2.51. The van der Waals surface area contributed by atoms with Gasteiger partial charge in [0, 0.05) is 54.5 Å². The second kappa shape index (κ2) is 23.3. The molecule has 3 N–H and O–H groups in total. The number of phosphoric acid groups is 2. The lowest BCUT2D eigenvalue weighted by Gasteiger charge is -2.42. The highest BCUT2D eigenvalue weighted by atomic mass is 31.2. The van der Waals surface area contributed by atoms with Gasteiger partial charge < -0.3 is 28.3 Å². The fourth-order valence-electron chi connectivity index (χ4n) is 8.92. The van der Waals surface area contributed by atoms with Gasteiger partial charge in [-0.15, -0.1) is 0 Å². The van der Waals surface area contributed by atoms with Gasteiger partial charge in [-0.3, -0.25) is 70.2 Å². The number of nitrogens with one attached hydrogen (secondary N) is 3. The number of nitrogens with zero attached hydrogens (tertiary/aromatic N) is 5. The molecule has 0 amide bonds. The third-order valence-electron chi connectivity index (χ3n) is 13.9. The number of rotatable bonds is 22. The molecule has 0 aromatic carbocycles. The minimum Gasteiger partial charge on any atom is -0.411 e. The highest BCUT2D eigenvalue weighted by molar-refractivity contribution is 7.48. The van der Waals surface area contributed by atoms with Gasteiger partial charge in [0.25, 0.3) is 16.7 Å². The van der Waals surface area contributed by atoms with Crippen molar-refractivity contribution in [2.45, 2.75) is 186 Å². The van der Waals surface area contributed by atoms with Gasteiger partial charge in [0.05, 0.1) is 18.3 Å². The molecule has 0 spiro atoms. The number of hydrogen-bond acceptors (Lipinski definition) is 18. The first-order valence-corrected chi connectivity index (χ1v) is 30.6. The smallest absolute Gasteiger partial charge is 0.411 e. The second-order valence-corrected chi connectivity index (χ2v) is 29.5. The SMILES string of the molecule is [C-]#[N+]CCOP(=O)(O[C@@H]1C[C@H](n2cc(C)c(=O)[nH]c2=O)O[C@@H]1CC)OC(C)(C)[C@H]1O[C@@H](n2cc(C)c(=O)[nH]c2=O)C[C@H]1OP(=O)(OCC[N+]#[C-])OC(C)(C)[C@H]1O[C@@H](n2cc(C)c(=O)[nH]c2=O)C[C@H]1O[Si](C)(C)C(C)(C)C. The van der Waals surface area contributed by atoms with E-state index in [0.717, 1.165) is 4.57 Å². The summed E-state index contributed by atoms with van der Waals surface area (Å²) in [4.78, 5) is 90.1. The molecule has 3 aliphatic heterocycles. The molecule has 6 rings (SSSR count). The Morgan fingerprint density at radius 1 is 0.618 bits per heavy atom. The van der Waals surface area contributed by atoms with Crippen LogP contribution in [-0.4, -0.2) is 111 Å². The minimum absolute atomic E-state index is 0.0706. The van der Waals surface area contributed by atoms with Crippen LogP contribution in [0.4, 0.5) is 0 Å². The van der Waals surface area contributed by atoms with E-state index in [1.54, 1.807) is 20.8 Å². The average molecular weight is 1130 g/mol. The van der Waals surface area contributed by atoms with Gasteiger partial charge in [-0.25, -0.2) is 36.7 Å². The van der Waals surface area contributed by atoms with Crippen LogP contribution in [0.15, 0.2) is 47.4 Å². The summed E-state index contributed by atoms with van der Waals surface area (Å²) in [5, 5.41) is -0.310. The number of phosphoric ester groups is 2. The molecule has 3 aliphatic rings. The summed E-state index contributed by atoms with van der Waals surface area (Å²) in [5.41, 5.74) is -7.13. The van der Waals surface area contributed by atoms with Gasteiger partial charge in [-0.2, -0.15) is 0 Å². The Balaban J connectivity index is 1.38. The van der Waals surface area contributed by atoms with Crippen LogP contribution in [0.25, 0.3) is 9.69 Å². The lowest BCUT2D eigenvalue weighted by atomic mass is 9.97. The van der Waals surface area contributed by atoms with Gasteiger partial charge >= 0.3 is 32.7 Å². The van der Waals surface area contributed by atoms with E-state index in [1.165, 1.54) is 62.3 Å². The van der Waals surface area contributed by atoms with Gasteiger partial charge in [0.1, 0.15) is 61.4 Å². The summed E-state index contributed by atoms with van der Waals surface area (Å²) < 4.78 is 97.6. The molecule has 0 bridgehead atoms. The molecule has 11 atom stereocenters. The monoisotopic (exact) mass is 1120 g/mol. The summed E-state index contributed by atoms with van der Waals surface area (Å²) in [6, 6.07) is 0. The Labute approximate surface area is 439 Å². The second-order valence-electron chi connectivity index (χ2n) is 21.6. The van der Waals surface area contributed by atoms with Crippen LogP contribution < -0.4 is 33.7 Å². The average Bonchev–Trinajstić information content (AvgIpc) is 4.04. The molecule has 2 unspecified atom stereocenters. The molecule has 420 valence electrons. The van der Waals surface area contributed by atoms with E-state index in [0.29, 0.717) is 6.42 Å². The van der Waals surface area contributed by atoms with Gasteiger partial charge in [-0.1, -0.05) is 27.7 Å². The fourth-order valence-corrected chi connectivity index (χ4v) is 13.6. The van der Waals surface area contributed by atoms with Crippen LogP contribution in [-0.2, 0) is 54.9 Å². The van der Waals surface area contributed by atoms with E-state index in [2.05, 4.69) is 24.6 Å². The Morgan fingerprint density at radius 2 is 0.974 bits per heavy atom. The number of aromatic nitrogens is 6. The van der Waals surface area contributed by atoms with E-state index < -0.39 is 137 Å². The van der Waals surface area contributed by atoms with E-state index in [-0.39, 0.29) is 54.1 Å². The van der Waals surface area contributed by atoms with Crippen molar-refractivity contribution in [3.63, 3.8) is 0 Å². The normalized spacial score (nSPS) is 26.0. The minimum atomic E-state index is -5.00. The maximum atomic E-state index is 15.6. The van der Waals surface area contributed by atoms with Gasteiger partial charge in [-0.05, 0) is 73.0 Å². The maximum absolute atomic E-state index is 15.6. The fraction of sp³-hybridized carbons (Fsp3) is 0.702. The summed E-state index contributed by atoms with van der Waals surface area (Å²) >= 11 is 0. The van der Waals surface area contributed by atoms with Crippen molar-refractivity contribution in [2.75, 3.05) is 26.3 Å². The summed E-state index contributed by atoms with van der Waals surface area (Å²) in [6.45, 7) is 35.8. The molecule has 3 aromatic rings. The first kappa shape index (κ1) is 60.5. The summed E-state index contributed by atoms with van der Waals surface area (Å²) in [6.07, 6.45) is -6.03. The maximum Gasteiger partial charge on any atom is 0.476 e. The zero-order valence-electron chi connectivity index (χ0n) is 45.1. The zero-order valence-corrected chi connectivity index (χ0v) is 47.9. The van der Waals surface area contributed by atoms with Gasteiger partial charge in [0.15, 0.2) is 8.32 Å². The van der Waals surface area contributed by atoms with Crippen LogP contribution in [0, 0.1) is 33.9 Å². The molecule has 29 heteroatoms. The highest BCUT2D eigenvalue weighted by Crippen LogP contribution is 2.61. The quantitative estimate of drug-likeness (QED) is 0.0472. The van der Waals surface area contributed by atoms with E-state index in [4.69, 9.17) is 58.9 Å². The Kier molecular flexibility index (Phi) is 18.6. The number of H-pyrrole nitrogens is 3.